The van der Waals surface area contributed by atoms with Gasteiger partial charge in [-0.25, -0.2) is 0 Å². The molecule has 2 nitrogen and oxygen atoms in total. The number of para-hydroxylation sites is 2. The third-order valence-electron chi connectivity index (χ3n) is 11.2. The quantitative estimate of drug-likeness (QED) is 0.181. The maximum Gasteiger partial charge on any atom is 0.0500 e. The fraction of sp³-hybridized carbons (Fsp3) is 0.174. The van der Waals surface area contributed by atoms with Crippen LogP contribution in [0.25, 0.3) is 49.0 Å². The van der Waals surface area contributed by atoms with E-state index in [-0.39, 0.29) is 0 Å². The number of allylic oxidation sites excluding steroid dienone is 4. The Morgan fingerprint density at radius 1 is 0.500 bits per heavy atom. The Morgan fingerprint density at radius 3 is 1.60 bits per heavy atom. The first-order chi connectivity index (χ1) is 23.7. The van der Waals surface area contributed by atoms with Crippen molar-refractivity contribution < 1.29 is 0 Å². The number of hydrogen-bond acceptors (Lipinski definition) is 2. The molecule has 232 valence electrons. The Labute approximate surface area is 282 Å². The zero-order valence-corrected chi connectivity index (χ0v) is 27.6. The van der Waals surface area contributed by atoms with Crippen LogP contribution < -0.4 is 9.80 Å². The first-order valence-electron chi connectivity index (χ1n) is 17.6. The van der Waals surface area contributed by atoms with Crippen LogP contribution in [-0.2, 0) is 12.8 Å². The van der Waals surface area contributed by atoms with Crippen LogP contribution in [0.5, 0.6) is 0 Å². The van der Waals surface area contributed by atoms with Crippen LogP contribution in [0.15, 0.2) is 133 Å². The van der Waals surface area contributed by atoms with E-state index in [0.717, 1.165) is 25.7 Å². The highest BCUT2D eigenvalue weighted by Gasteiger charge is 2.32. The number of nitrogens with zero attached hydrogens (tertiary/aromatic N) is 2. The molecule has 7 aromatic carbocycles. The van der Waals surface area contributed by atoms with Crippen LogP contribution in [0.3, 0.4) is 0 Å². The highest BCUT2D eigenvalue weighted by Crippen LogP contribution is 2.52. The van der Waals surface area contributed by atoms with Crippen molar-refractivity contribution in [3.8, 4) is 11.1 Å². The maximum atomic E-state index is 2.62. The summed E-state index contributed by atoms with van der Waals surface area (Å²) in [5, 5.41) is 8.09. The van der Waals surface area contributed by atoms with Crippen molar-refractivity contribution >= 4 is 60.6 Å². The van der Waals surface area contributed by atoms with Crippen LogP contribution >= 0.6 is 0 Å². The van der Waals surface area contributed by atoms with Crippen LogP contribution in [0.2, 0.25) is 0 Å². The van der Waals surface area contributed by atoms with Gasteiger partial charge in [0.25, 0.3) is 0 Å². The topological polar surface area (TPSA) is 6.48 Å². The molecule has 2 heteroatoms. The molecule has 3 aliphatic rings. The molecule has 0 bridgehead atoms. The minimum Gasteiger partial charge on any atom is -0.338 e. The molecule has 10 rings (SSSR count). The molecule has 0 aromatic heterocycles. The van der Waals surface area contributed by atoms with E-state index < -0.39 is 0 Å². The number of benzene rings is 7. The van der Waals surface area contributed by atoms with E-state index in [1.165, 1.54) is 88.5 Å². The molecule has 7 aromatic rings. The molecule has 0 saturated carbocycles. The largest absolute Gasteiger partial charge is 0.338 e. The summed E-state index contributed by atoms with van der Waals surface area (Å²) in [7, 11) is 0. The van der Waals surface area contributed by atoms with Crippen molar-refractivity contribution in [3.63, 3.8) is 0 Å². The van der Waals surface area contributed by atoms with Gasteiger partial charge in [-0.15, -0.1) is 0 Å². The monoisotopic (exact) mass is 618 g/mol. The van der Waals surface area contributed by atoms with Gasteiger partial charge in [0, 0.05) is 56.4 Å². The molecule has 2 unspecified atom stereocenters. The highest BCUT2D eigenvalue weighted by atomic mass is 15.2. The SMILES string of the molecule is CC1Cc2ccccc2N1c1cc(C2=CCCC=C2)c2ccc3c(N4c5ccccc5CC4C)cc(-c4ccccc4)c4ccc1c2c43. The second-order valence-corrected chi connectivity index (χ2v) is 14.1. The molecule has 2 aliphatic heterocycles. The van der Waals surface area contributed by atoms with Crippen molar-refractivity contribution in [2.45, 2.75) is 51.6 Å². The predicted octanol–water partition coefficient (Wildman–Crippen LogP) is 12.1. The highest BCUT2D eigenvalue weighted by molar-refractivity contribution is 6.31. The fourth-order valence-electron chi connectivity index (χ4n) is 9.13. The smallest absolute Gasteiger partial charge is 0.0500 e. The number of fused-ring (bicyclic) bond motifs is 2. The van der Waals surface area contributed by atoms with Gasteiger partial charge in [-0.2, -0.15) is 0 Å². The normalized spacial score (nSPS) is 18.7. The third kappa shape index (κ3) is 3.99. The van der Waals surface area contributed by atoms with Gasteiger partial charge in [-0.3, -0.25) is 0 Å². The zero-order valence-electron chi connectivity index (χ0n) is 27.6. The van der Waals surface area contributed by atoms with Gasteiger partial charge in [0.05, 0.1) is 0 Å². The van der Waals surface area contributed by atoms with E-state index in [4.69, 9.17) is 0 Å². The standard InChI is InChI=1S/C46H38N2/c1-29-25-33-17-9-11-19-41(33)47(29)43-27-39(31-13-5-3-6-14-31)35-22-24-38-44(48-30(2)26-34-18-10-12-20-42(34)48)28-40(32-15-7-4-8-16-32)36-21-23-37(43)45(35)46(36)38/h3,5-7,9-24,27-30H,4,8,25-26H2,1-2H3. The molecule has 0 spiro atoms. The zero-order chi connectivity index (χ0) is 31.9. The van der Waals surface area contributed by atoms with Crippen molar-refractivity contribution in [2.75, 3.05) is 9.80 Å². The number of rotatable bonds is 4. The summed E-state index contributed by atoms with van der Waals surface area (Å²) in [6.45, 7) is 4.76. The second kappa shape index (κ2) is 10.6. The lowest BCUT2D eigenvalue weighted by Gasteiger charge is -2.31. The van der Waals surface area contributed by atoms with Gasteiger partial charge in [0.2, 0.25) is 0 Å². The molecule has 48 heavy (non-hydrogen) atoms. The molecule has 0 amide bonds. The molecule has 0 radical (unpaired) electrons. The molecule has 2 heterocycles. The van der Waals surface area contributed by atoms with Gasteiger partial charge in [0.1, 0.15) is 0 Å². The minimum absolute atomic E-state index is 0.370. The van der Waals surface area contributed by atoms with Gasteiger partial charge in [-0.1, -0.05) is 109 Å². The summed E-state index contributed by atoms with van der Waals surface area (Å²) in [5.74, 6) is 0. The van der Waals surface area contributed by atoms with Crippen molar-refractivity contribution in [1.82, 2.24) is 0 Å². The average Bonchev–Trinajstić information content (AvgIpc) is 3.65. The van der Waals surface area contributed by atoms with E-state index in [9.17, 15) is 0 Å². The number of hydrogen-bond donors (Lipinski definition) is 0. The lowest BCUT2D eigenvalue weighted by atomic mass is 9.84. The fourth-order valence-corrected chi connectivity index (χ4v) is 9.13. The van der Waals surface area contributed by atoms with Crippen LogP contribution in [0, 0.1) is 0 Å². The summed E-state index contributed by atoms with van der Waals surface area (Å²) >= 11 is 0. The molecule has 0 saturated heterocycles. The third-order valence-corrected chi connectivity index (χ3v) is 11.2. The molecule has 0 fully saturated rings. The van der Waals surface area contributed by atoms with E-state index in [2.05, 4.69) is 157 Å². The maximum absolute atomic E-state index is 2.62. The summed E-state index contributed by atoms with van der Waals surface area (Å²) < 4.78 is 0. The Kier molecular flexibility index (Phi) is 6.12. The van der Waals surface area contributed by atoms with E-state index in [1.54, 1.807) is 0 Å². The van der Waals surface area contributed by atoms with E-state index in [0.29, 0.717) is 12.1 Å². The summed E-state index contributed by atoms with van der Waals surface area (Å²) in [5.41, 5.74) is 13.4. The lowest BCUT2D eigenvalue weighted by molar-refractivity contribution is 0.760. The van der Waals surface area contributed by atoms with Crippen molar-refractivity contribution in [1.29, 1.82) is 0 Å². The van der Waals surface area contributed by atoms with Gasteiger partial charge in [-0.05, 0) is 108 Å². The minimum atomic E-state index is 0.370. The molecular formula is C46H38N2. The Balaban J connectivity index is 1.36. The van der Waals surface area contributed by atoms with Crippen molar-refractivity contribution in [2.24, 2.45) is 0 Å². The summed E-state index contributed by atoms with van der Waals surface area (Å²) in [6.07, 6.45) is 11.5. The second-order valence-electron chi connectivity index (χ2n) is 14.1. The van der Waals surface area contributed by atoms with Gasteiger partial charge < -0.3 is 9.80 Å². The van der Waals surface area contributed by atoms with Crippen LogP contribution in [0.4, 0.5) is 22.7 Å². The van der Waals surface area contributed by atoms with Crippen molar-refractivity contribution in [3.05, 3.63) is 150 Å². The molecular weight excluding hydrogens is 581 g/mol. The first-order valence-corrected chi connectivity index (χ1v) is 17.6. The molecule has 0 N–H and O–H groups in total. The molecule has 1 aliphatic carbocycles. The van der Waals surface area contributed by atoms with E-state index >= 15 is 0 Å². The van der Waals surface area contributed by atoms with Gasteiger partial charge >= 0.3 is 0 Å². The number of anilines is 4. The lowest BCUT2D eigenvalue weighted by Crippen LogP contribution is -2.24. The van der Waals surface area contributed by atoms with Crippen LogP contribution in [-0.4, -0.2) is 12.1 Å². The summed E-state index contributed by atoms with van der Waals surface area (Å²) in [6, 6.07) is 44.4. The van der Waals surface area contributed by atoms with E-state index in [1.807, 2.05) is 0 Å². The average molecular weight is 619 g/mol. The first kappa shape index (κ1) is 27.7. The summed E-state index contributed by atoms with van der Waals surface area (Å²) in [4.78, 5) is 5.23. The molecule has 2 atom stereocenters. The predicted molar refractivity (Wildman–Crippen MR) is 205 cm³/mol. The Hall–Kier alpha value is -5.34. The van der Waals surface area contributed by atoms with Crippen LogP contribution in [0.1, 0.15) is 43.4 Å². The Bertz CT molecular complexity index is 2450. The Morgan fingerprint density at radius 2 is 1.02 bits per heavy atom. The van der Waals surface area contributed by atoms with Gasteiger partial charge in [0.15, 0.2) is 0 Å².